The van der Waals surface area contributed by atoms with E-state index >= 15 is 4.39 Å². The van der Waals surface area contributed by atoms with Crippen LogP contribution in [0, 0.1) is 23.4 Å². The first-order valence-corrected chi connectivity index (χ1v) is 13.2. The fourth-order valence-electron chi connectivity index (χ4n) is 4.86. The molecule has 3 nitrogen and oxygen atoms in total. The minimum Gasteiger partial charge on any atom is -0.429 e. The quantitative estimate of drug-likeness (QED) is 0.173. The molecule has 1 fully saturated rings. The maximum absolute atomic E-state index is 15.2. The number of hydrogen-bond donors (Lipinski definition) is 0. The third-order valence-electron chi connectivity index (χ3n) is 6.97. The van der Waals surface area contributed by atoms with Crippen LogP contribution >= 0.6 is 0 Å². The molecule has 1 saturated heterocycles. The summed E-state index contributed by atoms with van der Waals surface area (Å²) >= 11 is 0. The Kier molecular flexibility index (Phi) is 9.97. The van der Waals surface area contributed by atoms with Crippen molar-refractivity contribution < 1.29 is 36.2 Å². The Bertz CT molecular complexity index is 1180. The van der Waals surface area contributed by atoms with E-state index in [-0.39, 0.29) is 30.5 Å². The molecule has 4 rings (SSSR count). The summed E-state index contributed by atoms with van der Waals surface area (Å²) in [6.07, 6.45) is 6.34. The van der Waals surface area contributed by atoms with Gasteiger partial charge in [-0.15, -0.1) is 0 Å². The lowest BCUT2D eigenvalue weighted by Gasteiger charge is -2.29. The SMILES string of the molecule is CCCCCC1COC(CCc2ccc3c(F)c(CCc4cc(F)c(OC(F)F)c(F)c4)ccc3c2)OC1. The molecule has 0 aromatic heterocycles. The van der Waals surface area contributed by atoms with Gasteiger partial charge < -0.3 is 14.2 Å². The van der Waals surface area contributed by atoms with Gasteiger partial charge in [-0.05, 0) is 59.9 Å². The van der Waals surface area contributed by atoms with E-state index in [9.17, 15) is 17.6 Å². The minimum absolute atomic E-state index is 0.129. The van der Waals surface area contributed by atoms with E-state index in [0.717, 1.165) is 55.6 Å². The van der Waals surface area contributed by atoms with Gasteiger partial charge in [0, 0.05) is 17.7 Å². The van der Waals surface area contributed by atoms with Crippen molar-refractivity contribution in [1.82, 2.24) is 0 Å². The molecule has 0 amide bonds. The van der Waals surface area contributed by atoms with Crippen LogP contribution in [0.5, 0.6) is 5.75 Å². The number of fused-ring (bicyclic) bond motifs is 1. The highest BCUT2D eigenvalue weighted by molar-refractivity contribution is 5.84. The Labute approximate surface area is 219 Å². The van der Waals surface area contributed by atoms with Gasteiger partial charge in [0.05, 0.1) is 13.2 Å². The van der Waals surface area contributed by atoms with Gasteiger partial charge >= 0.3 is 6.61 Å². The van der Waals surface area contributed by atoms with E-state index in [4.69, 9.17) is 9.47 Å². The highest BCUT2D eigenvalue weighted by Gasteiger charge is 2.22. The molecule has 0 aliphatic carbocycles. The molecule has 1 aliphatic rings. The molecule has 0 radical (unpaired) electrons. The van der Waals surface area contributed by atoms with Crippen molar-refractivity contribution in [2.75, 3.05) is 13.2 Å². The first-order valence-electron chi connectivity index (χ1n) is 13.2. The minimum atomic E-state index is -3.33. The van der Waals surface area contributed by atoms with Crippen molar-refractivity contribution >= 4 is 10.8 Å². The molecule has 38 heavy (non-hydrogen) atoms. The second-order valence-electron chi connectivity index (χ2n) is 9.86. The maximum Gasteiger partial charge on any atom is 0.387 e. The van der Waals surface area contributed by atoms with Gasteiger partial charge in [-0.3, -0.25) is 0 Å². The molecule has 0 spiro atoms. The molecule has 1 aliphatic heterocycles. The number of ether oxygens (including phenoxy) is 3. The van der Waals surface area contributed by atoms with E-state index in [1.807, 2.05) is 18.2 Å². The highest BCUT2D eigenvalue weighted by Crippen LogP contribution is 2.28. The summed E-state index contributed by atoms with van der Waals surface area (Å²) < 4.78 is 83.5. The van der Waals surface area contributed by atoms with Gasteiger partial charge in [-0.2, -0.15) is 8.78 Å². The normalized spacial score (nSPS) is 17.9. The van der Waals surface area contributed by atoms with Crippen molar-refractivity contribution in [1.29, 1.82) is 0 Å². The summed E-state index contributed by atoms with van der Waals surface area (Å²) in [5, 5.41) is 1.22. The lowest BCUT2D eigenvalue weighted by atomic mass is 9.98. The zero-order chi connectivity index (χ0) is 27.1. The molecule has 3 aromatic rings. The number of hydrogen-bond acceptors (Lipinski definition) is 3. The zero-order valence-electron chi connectivity index (χ0n) is 21.5. The second kappa shape index (κ2) is 13.4. The van der Waals surface area contributed by atoms with E-state index in [1.165, 1.54) is 19.3 Å². The molecule has 0 unspecified atom stereocenters. The standard InChI is InChI=1S/C30H33F5O3/c1-2-3-4-5-21-17-36-27(37-18-21)13-8-19-7-12-24-23(14-19)11-10-22(28(24)33)9-6-20-15-25(31)29(26(32)16-20)38-30(34)35/h7,10-12,14-16,21,27,30H,2-6,8-9,13,17-18H2,1H3. The Balaban J connectivity index is 1.33. The molecule has 8 heteroatoms. The predicted molar refractivity (Wildman–Crippen MR) is 136 cm³/mol. The van der Waals surface area contributed by atoms with Crippen LogP contribution in [0.1, 0.15) is 55.7 Å². The predicted octanol–water partition coefficient (Wildman–Crippen LogP) is 8.15. The van der Waals surface area contributed by atoms with Gasteiger partial charge in [0.15, 0.2) is 23.7 Å². The van der Waals surface area contributed by atoms with E-state index < -0.39 is 24.0 Å². The van der Waals surface area contributed by atoms with Crippen molar-refractivity contribution in [3.8, 4) is 5.75 Å². The maximum atomic E-state index is 15.2. The van der Waals surface area contributed by atoms with Crippen LogP contribution in [0.15, 0.2) is 42.5 Å². The van der Waals surface area contributed by atoms with Gasteiger partial charge in [0.25, 0.3) is 0 Å². The van der Waals surface area contributed by atoms with Crippen LogP contribution in [0.3, 0.4) is 0 Å². The van der Waals surface area contributed by atoms with Crippen molar-refractivity contribution in [3.05, 3.63) is 76.6 Å². The number of benzene rings is 3. The Morgan fingerprint density at radius 1 is 0.842 bits per heavy atom. The number of alkyl halides is 2. The molecule has 3 aromatic carbocycles. The monoisotopic (exact) mass is 536 g/mol. The number of halogens is 5. The fraction of sp³-hybridized carbons (Fsp3) is 0.467. The molecule has 0 N–H and O–H groups in total. The summed E-state index contributed by atoms with van der Waals surface area (Å²) in [7, 11) is 0. The summed E-state index contributed by atoms with van der Waals surface area (Å²) in [5.41, 5.74) is 1.67. The number of aryl methyl sites for hydroxylation is 3. The van der Waals surface area contributed by atoms with Crippen LogP contribution in [0.2, 0.25) is 0 Å². The van der Waals surface area contributed by atoms with Gasteiger partial charge in [-0.25, -0.2) is 13.2 Å². The average Bonchev–Trinajstić information content (AvgIpc) is 2.90. The fourth-order valence-corrected chi connectivity index (χ4v) is 4.86. The average molecular weight is 537 g/mol. The molecule has 0 bridgehead atoms. The van der Waals surface area contributed by atoms with E-state index in [0.29, 0.717) is 16.9 Å². The number of rotatable bonds is 12. The summed E-state index contributed by atoms with van der Waals surface area (Å²) in [6, 6.07) is 10.9. The third-order valence-corrected chi connectivity index (χ3v) is 6.97. The largest absolute Gasteiger partial charge is 0.429 e. The van der Waals surface area contributed by atoms with Crippen LogP contribution in [0.25, 0.3) is 10.8 Å². The summed E-state index contributed by atoms with van der Waals surface area (Å²) in [6.45, 7) is 0.316. The Morgan fingerprint density at radius 3 is 2.26 bits per heavy atom. The lowest BCUT2D eigenvalue weighted by molar-refractivity contribution is -0.203. The van der Waals surface area contributed by atoms with Crippen LogP contribution < -0.4 is 4.74 Å². The van der Waals surface area contributed by atoms with Crippen LogP contribution in [-0.4, -0.2) is 26.1 Å². The molecular weight excluding hydrogens is 503 g/mol. The summed E-state index contributed by atoms with van der Waals surface area (Å²) in [4.78, 5) is 0. The molecule has 0 saturated carbocycles. The first-order chi connectivity index (χ1) is 18.3. The Hall–Kier alpha value is -2.71. The molecular formula is C30H33F5O3. The number of unbranched alkanes of at least 4 members (excludes halogenated alkanes) is 2. The lowest BCUT2D eigenvalue weighted by Crippen LogP contribution is -2.32. The first kappa shape index (κ1) is 28.3. The van der Waals surface area contributed by atoms with E-state index in [2.05, 4.69) is 11.7 Å². The van der Waals surface area contributed by atoms with Gasteiger partial charge in [0.2, 0.25) is 0 Å². The van der Waals surface area contributed by atoms with Crippen LogP contribution in [0.4, 0.5) is 22.0 Å². The zero-order valence-corrected chi connectivity index (χ0v) is 21.5. The highest BCUT2D eigenvalue weighted by atomic mass is 19.3. The second-order valence-corrected chi connectivity index (χ2v) is 9.86. The topological polar surface area (TPSA) is 27.7 Å². The molecule has 1 heterocycles. The van der Waals surface area contributed by atoms with Crippen molar-refractivity contribution in [2.45, 2.75) is 71.2 Å². The van der Waals surface area contributed by atoms with E-state index in [1.54, 1.807) is 12.1 Å². The smallest absolute Gasteiger partial charge is 0.387 e. The third kappa shape index (κ3) is 7.44. The van der Waals surface area contributed by atoms with Crippen molar-refractivity contribution in [3.63, 3.8) is 0 Å². The van der Waals surface area contributed by atoms with Crippen LogP contribution in [-0.2, 0) is 28.7 Å². The molecule has 206 valence electrons. The summed E-state index contributed by atoms with van der Waals surface area (Å²) in [5.74, 6) is -3.48. The molecule has 0 atom stereocenters. The van der Waals surface area contributed by atoms with Crippen molar-refractivity contribution in [2.24, 2.45) is 5.92 Å². The van der Waals surface area contributed by atoms with Gasteiger partial charge in [0.1, 0.15) is 5.82 Å². The Morgan fingerprint density at radius 2 is 1.58 bits per heavy atom. The van der Waals surface area contributed by atoms with Gasteiger partial charge in [-0.1, -0.05) is 56.5 Å².